The quantitative estimate of drug-likeness (QED) is 0.570. The molecule has 0 fully saturated rings. The molecule has 0 heterocycles. The highest BCUT2D eigenvalue weighted by Gasteiger charge is 1.93. The third kappa shape index (κ3) is 7.81. The van der Waals surface area contributed by atoms with Crippen molar-refractivity contribution in [1.29, 1.82) is 0 Å². The number of ether oxygens (including phenoxy) is 2. The molecule has 0 atom stereocenters. The summed E-state index contributed by atoms with van der Waals surface area (Å²) in [5.41, 5.74) is 0. The predicted octanol–water partition coefficient (Wildman–Crippen LogP) is 4.05. The molecule has 0 aliphatic carbocycles. The van der Waals surface area contributed by atoms with Crippen LogP contribution in [0.3, 0.4) is 0 Å². The van der Waals surface area contributed by atoms with E-state index in [9.17, 15) is 0 Å². The molecule has 0 N–H and O–H groups in total. The van der Waals surface area contributed by atoms with Crippen molar-refractivity contribution in [2.75, 3.05) is 19.8 Å². The Morgan fingerprint density at radius 3 is 2.35 bits per heavy atom. The molecule has 0 aliphatic rings. The maximum Gasteiger partial charge on any atom is 0.119 e. The van der Waals surface area contributed by atoms with Gasteiger partial charge in [-0.2, -0.15) is 0 Å². The Bertz CT molecular complexity index is 259. The summed E-state index contributed by atoms with van der Waals surface area (Å²) in [6.07, 6.45) is 6.43. The van der Waals surface area contributed by atoms with Gasteiger partial charge in [-0.25, -0.2) is 0 Å². The number of hydrogen-bond acceptors (Lipinski definition) is 2. The van der Waals surface area contributed by atoms with Crippen molar-refractivity contribution < 1.29 is 9.47 Å². The molecule has 0 aromatic heterocycles. The first-order chi connectivity index (χ1) is 8.43. The molecule has 0 radical (unpaired) electrons. The van der Waals surface area contributed by atoms with Crippen LogP contribution in [-0.2, 0) is 4.74 Å². The Morgan fingerprint density at radius 2 is 1.59 bits per heavy atom. The molecule has 0 unspecified atom stereocenters. The van der Waals surface area contributed by atoms with Crippen LogP contribution in [0.25, 0.3) is 0 Å². The minimum absolute atomic E-state index is 0.638. The van der Waals surface area contributed by atoms with E-state index in [1.807, 2.05) is 30.3 Å². The van der Waals surface area contributed by atoms with E-state index in [0.29, 0.717) is 13.2 Å². The number of hydrogen-bond donors (Lipinski definition) is 0. The van der Waals surface area contributed by atoms with Gasteiger partial charge in [-0.3, -0.25) is 0 Å². The Hall–Kier alpha value is -1.02. The Balaban J connectivity index is 1.85. The highest BCUT2D eigenvalue weighted by molar-refractivity contribution is 5.20. The standard InChI is InChI=1S/C15H24O2/c1-2-3-4-5-9-12-16-13-14-17-15-10-7-6-8-11-15/h6-8,10-11H,2-5,9,12-14H2,1H3. The Kier molecular flexibility index (Phi) is 8.39. The summed E-state index contributed by atoms with van der Waals surface area (Å²) in [5.74, 6) is 0.916. The Labute approximate surface area is 105 Å². The topological polar surface area (TPSA) is 18.5 Å². The minimum atomic E-state index is 0.638. The summed E-state index contributed by atoms with van der Waals surface area (Å²) in [4.78, 5) is 0. The van der Waals surface area contributed by atoms with E-state index in [1.165, 1.54) is 32.1 Å². The highest BCUT2D eigenvalue weighted by atomic mass is 16.5. The van der Waals surface area contributed by atoms with Gasteiger partial charge in [0.1, 0.15) is 12.4 Å². The van der Waals surface area contributed by atoms with Crippen molar-refractivity contribution in [1.82, 2.24) is 0 Å². The van der Waals surface area contributed by atoms with E-state index in [0.717, 1.165) is 12.4 Å². The molecule has 1 aromatic carbocycles. The zero-order valence-electron chi connectivity index (χ0n) is 10.9. The van der Waals surface area contributed by atoms with Crippen LogP contribution >= 0.6 is 0 Å². The van der Waals surface area contributed by atoms with Gasteiger partial charge in [-0.15, -0.1) is 0 Å². The molecule has 0 amide bonds. The van der Waals surface area contributed by atoms with Crippen LogP contribution in [0.15, 0.2) is 30.3 Å². The van der Waals surface area contributed by atoms with Gasteiger partial charge in [-0.1, -0.05) is 50.8 Å². The number of unbranched alkanes of at least 4 members (excludes halogenated alkanes) is 4. The lowest BCUT2D eigenvalue weighted by atomic mass is 10.2. The van der Waals surface area contributed by atoms with Gasteiger partial charge in [0, 0.05) is 6.61 Å². The van der Waals surface area contributed by atoms with Gasteiger partial charge in [0.25, 0.3) is 0 Å². The fourth-order valence-electron chi connectivity index (χ4n) is 1.64. The normalized spacial score (nSPS) is 10.4. The fourth-order valence-corrected chi connectivity index (χ4v) is 1.64. The molecule has 0 saturated carbocycles. The van der Waals surface area contributed by atoms with Gasteiger partial charge < -0.3 is 9.47 Å². The maximum absolute atomic E-state index is 5.53. The number of benzene rings is 1. The van der Waals surface area contributed by atoms with Crippen LogP contribution in [0, 0.1) is 0 Å². The van der Waals surface area contributed by atoms with Crippen molar-refractivity contribution >= 4 is 0 Å². The van der Waals surface area contributed by atoms with Gasteiger partial charge in [0.05, 0.1) is 6.61 Å². The summed E-state index contributed by atoms with van der Waals surface area (Å²) < 4.78 is 11.0. The van der Waals surface area contributed by atoms with Crippen LogP contribution < -0.4 is 4.74 Å². The second kappa shape index (κ2) is 10.2. The van der Waals surface area contributed by atoms with Crippen LogP contribution in [0.5, 0.6) is 5.75 Å². The lowest BCUT2D eigenvalue weighted by Gasteiger charge is -2.06. The second-order valence-corrected chi connectivity index (χ2v) is 4.19. The summed E-state index contributed by atoms with van der Waals surface area (Å²) in [5, 5.41) is 0. The van der Waals surface area contributed by atoms with Gasteiger partial charge in [0.2, 0.25) is 0 Å². The molecule has 96 valence electrons. The first-order valence-corrected chi connectivity index (χ1v) is 6.69. The third-order valence-electron chi connectivity index (χ3n) is 2.63. The SMILES string of the molecule is CCCCCCCOCCOc1ccccc1. The first kappa shape index (κ1) is 14.0. The van der Waals surface area contributed by atoms with Gasteiger partial charge in [0.15, 0.2) is 0 Å². The van der Waals surface area contributed by atoms with Crippen molar-refractivity contribution in [3.05, 3.63) is 30.3 Å². The lowest BCUT2D eigenvalue weighted by Crippen LogP contribution is -2.07. The number of rotatable bonds is 10. The zero-order chi connectivity index (χ0) is 12.2. The molecule has 0 bridgehead atoms. The molecule has 0 saturated heterocycles. The average molecular weight is 236 g/mol. The van der Waals surface area contributed by atoms with Crippen molar-refractivity contribution in [3.63, 3.8) is 0 Å². The van der Waals surface area contributed by atoms with Gasteiger partial charge >= 0.3 is 0 Å². The molecular weight excluding hydrogens is 212 g/mol. The largest absolute Gasteiger partial charge is 0.491 e. The van der Waals surface area contributed by atoms with Crippen molar-refractivity contribution in [2.24, 2.45) is 0 Å². The second-order valence-electron chi connectivity index (χ2n) is 4.19. The van der Waals surface area contributed by atoms with E-state index in [-0.39, 0.29) is 0 Å². The van der Waals surface area contributed by atoms with Gasteiger partial charge in [-0.05, 0) is 18.6 Å². The van der Waals surface area contributed by atoms with E-state index in [2.05, 4.69) is 6.92 Å². The van der Waals surface area contributed by atoms with Crippen LogP contribution in [0.2, 0.25) is 0 Å². The highest BCUT2D eigenvalue weighted by Crippen LogP contribution is 2.07. The average Bonchev–Trinajstić information content (AvgIpc) is 2.38. The smallest absolute Gasteiger partial charge is 0.119 e. The van der Waals surface area contributed by atoms with E-state index in [1.54, 1.807) is 0 Å². The van der Waals surface area contributed by atoms with Crippen molar-refractivity contribution in [3.8, 4) is 5.75 Å². The molecule has 0 spiro atoms. The predicted molar refractivity (Wildman–Crippen MR) is 71.5 cm³/mol. The minimum Gasteiger partial charge on any atom is -0.491 e. The van der Waals surface area contributed by atoms with E-state index < -0.39 is 0 Å². The van der Waals surface area contributed by atoms with Crippen LogP contribution in [-0.4, -0.2) is 19.8 Å². The summed E-state index contributed by atoms with van der Waals surface area (Å²) in [6.45, 7) is 4.42. The summed E-state index contributed by atoms with van der Waals surface area (Å²) in [7, 11) is 0. The molecule has 1 aromatic rings. The molecular formula is C15H24O2. The summed E-state index contributed by atoms with van der Waals surface area (Å²) >= 11 is 0. The van der Waals surface area contributed by atoms with Crippen molar-refractivity contribution in [2.45, 2.75) is 39.0 Å². The molecule has 17 heavy (non-hydrogen) atoms. The molecule has 1 rings (SSSR count). The monoisotopic (exact) mass is 236 g/mol. The van der Waals surface area contributed by atoms with Crippen LogP contribution in [0.4, 0.5) is 0 Å². The third-order valence-corrected chi connectivity index (χ3v) is 2.63. The lowest BCUT2D eigenvalue weighted by molar-refractivity contribution is 0.0971. The fraction of sp³-hybridized carbons (Fsp3) is 0.600. The molecule has 2 nitrogen and oxygen atoms in total. The van der Waals surface area contributed by atoms with E-state index in [4.69, 9.17) is 9.47 Å². The van der Waals surface area contributed by atoms with E-state index >= 15 is 0 Å². The molecule has 0 aliphatic heterocycles. The van der Waals surface area contributed by atoms with Crippen LogP contribution in [0.1, 0.15) is 39.0 Å². The first-order valence-electron chi connectivity index (χ1n) is 6.69. The Morgan fingerprint density at radius 1 is 0.824 bits per heavy atom. The zero-order valence-corrected chi connectivity index (χ0v) is 10.9. The summed E-state index contributed by atoms with van der Waals surface area (Å²) in [6, 6.07) is 9.86. The maximum atomic E-state index is 5.53. The number of para-hydroxylation sites is 1. The molecule has 2 heteroatoms.